The molecule has 0 aliphatic rings. The number of benzene rings is 1. The zero-order valence-corrected chi connectivity index (χ0v) is 9.39. The van der Waals surface area contributed by atoms with E-state index in [0.717, 1.165) is 6.07 Å². The standard InChI is InChI=1S/C8H9ClN2O3S/c1-4-2-5(8(10)12)3-6(7(4)9)15(11,13)14/h2-3H,1H3,(H2,10,12)(H2,11,13,14). The van der Waals surface area contributed by atoms with Gasteiger partial charge in [-0.2, -0.15) is 0 Å². The molecular formula is C8H9ClN2O3S. The molecule has 4 N–H and O–H groups in total. The molecule has 0 aliphatic heterocycles. The van der Waals surface area contributed by atoms with Crippen LogP contribution in [0.1, 0.15) is 15.9 Å². The van der Waals surface area contributed by atoms with E-state index in [4.69, 9.17) is 22.5 Å². The smallest absolute Gasteiger partial charge is 0.248 e. The number of primary amides is 1. The molecule has 1 aromatic carbocycles. The molecule has 0 saturated carbocycles. The van der Waals surface area contributed by atoms with Gasteiger partial charge < -0.3 is 5.73 Å². The molecule has 7 heteroatoms. The zero-order chi connectivity index (χ0) is 11.8. The maximum absolute atomic E-state index is 11.1. The number of aryl methyl sites for hydroxylation is 1. The van der Waals surface area contributed by atoms with E-state index in [9.17, 15) is 13.2 Å². The number of amides is 1. The van der Waals surface area contributed by atoms with Crippen LogP contribution in [0.2, 0.25) is 5.02 Å². The van der Waals surface area contributed by atoms with Crippen LogP contribution in [0.5, 0.6) is 0 Å². The normalized spacial score (nSPS) is 11.4. The largest absolute Gasteiger partial charge is 0.366 e. The summed E-state index contributed by atoms with van der Waals surface area (Å²) in [5, 5.41) is 4.93. The first-order chi connectivity index (χ1) is 6.73. The number of carbonyl (C=O) groups is 1. The van der Waals surface area contributed by atoms with Crippen molar-refractivity contribution in [3.05, 3.63) is 28.3 Å². The molecule has 0 spiro atoms. The van der Waals surface area contributed by atoms with Crippen molar-refractivity contribution in [3.8, 4) is 0 Å². The molecule has 0 atom stereocenters. The van der Waals surface area contributed by atoms with Gasteiger partial charge in [-0.15, -0.1) is 0 Å². The molecule has 82 valence electrons. The van der Waals surface area contributed by atoms with Gasteiger partial charge in [0.2, 0.25) is 15.9 Å². The van der Waals surface area contributed by atoms with E-state index < -0.39 is 15.9 Å². The third-order valence-corrected chi connectivity index (χ3v) is 3.36. The highest BCUT2D eigenvalue weighted by molar-refractivity contribution is 7.89. The van der Waals surface area contributed by atoms with Crippen molar-refractivity contribution in [3.63, 3.8) is 0 Å². The molecule has 0 saturated heterocycles. The minimum Gasteiger partial charge on any atom is -0.366 e. The summed E-state index contributed by atoms with van der Waals surface area (Å²) in [6, 6.07) is 2.46. The van der Waals surface area contributed by atoms with Gasteiger partial charge in [0.25, 0.3) is 0 Å². The van der Waals surface area contributed by atoms with Crippen LogP contribution in [0.25, 0.3) is 0 Å². The third-order valence-electron chi connectivity index (χ3n) is 1.81. The first kappa shape index (κ1) is 12.0. The molecule has 0 aliphatic carbocycles. The zero-order valence-electron chi connectivity index (χ0n) is 7.82. The van der Waals surface area contributed by atoms with Crippen molar-refractivity contribution in [1.82, 2.24) is 0 Å². The molecule has 5 nitrogen and oxygen atoms in total. The van der Waals surface area contributed by atoms with Crippen LogP contribution in [0.3, 0.4) is 0 Å². The lowest BCUT2D eigenvalue weighted by atomic mass is 10.1. The van der Waals surface area contributed by atoms with Gasteiger partial charge in [-0.25, -0.2) is 13.6 Å². The van der Waals surface area contributed by atoms with Gasteiger partial charge in [0, 0.05) is 5.56 Å². The predicted octanol–water partition coefficient (Wildman–Crippen LogP) is 0.395. The molecule has 0 fully saturated rings. The maximum Gasteiger partial charge on any atom is 0.248 e. The minimum absolute atomic E-state index is 0.00231. The Morgan fingerprint density at radius 1 is 1.40 bits per heavy atom. The Hall–Kier alpha value is -1.11. The van der Waals surface area contributed by atoms with Crippen molar-refractivity contribution in [2.24, 2.45) is 10.9 Å². The van der Waals surface area contributed by atoms with E-state index in [1.165, 1.54) is 6.07 Å². The second-order valence-corrected chi connectivity index (χ2v) is 4.92. The van der Waals surface area contributed by atoms with Gasteiger partial charge in [-0.1, -0.05) is 11.6 Å². The summed E-state index contributed by atoms with van der Waals surface area (Å²) < 4.78 is 22.2. The number of halogens is 1. The van der Waals surface area contributed by atoms with Crippen molar-refractivity contribution >= 4 is 27.5 Å². The van der Waals surface area contributed by atoms with Crippen LogP contribution < -0.4 is 10.9 Å². The molecule has 1 aromatic rings. The SMILES string of the molecule is Cc1cc(C(N)=O)cc(S(N)(=O)=O)c1Cl. The van der Waals surface area contributed by atoms with E-state index in [0.29, 0.717) is 5.56 Å². The summed E-state index contributed by atoms with van der Waals surface area (Å²) in [5.74, 6) is -0.736. The molecule has 0 radical (unpaired) electrons. The highest BCUT2D eigenvalue weighted by atomic mass is 35.5. The summed E-state index contributed by atoms with van der Waals surface area (Å²) in [5.41, 5.74) is 5.51. The Balaban J connectivity index is 3.59. The monoisotopic (exact) mass is 248 g/mol. The Labute approximate surface area is 92.1 Å². The van der Waals surface area contributed by atoms with Crippen LogP contribution in [-0.4, -0.2) is 14.3 Å². The number of hydrogen-bond acceptors (Lipinski definition) is 3. The third kappa shape index (κ3) is 2.47. The Morgan fingerprint density at radius 3 is 2.33 bits per heavy atom. The summed E-state index contributed by atoms with van der Waals surface area (Å²) >= 11 is 5.74. The summed E-state index contributed by atoms with van der Waals surface area (Å²) in [6.07, 6.45) is 0. The molecule has 15 heavy (non-hydrogen) atoms. The van der Waals surface area contributed by atoms with Gasteiger partial charge >= 0.3 is 0 Å². The van der Waals surface area contributed by atoms with Crippen LogP contribution in [0.4, 0.5) is 0 Å². The number of carbonyl (C=O) groups excluding carboxylic acids is 1. The fraction of sp³-hybridized carbons (Fsp3) is 0.125. The van der Waals surface area contributed by atoms with Gasteiger partial charge in [0.15, 0.2) is 0 Å². The minimum atomic E-state index is -3.95. The van der Waals surface area contributed by atoms with E-state index in [1.807, 2.05) is 0 Å². The van der Waals surface area contributed by atoms with E-state index in [2.05, 4.69) is 0 Å². The van der Waals surface area contributed by atoms with E-state index in [1.54, 1.807) is 6.92 Å². The molecular weight excluding hydrogens is 240 g/mol. The molecule has 0 heterocycles. The average molecular weight is 249 g/mol. The van der Waals surface area contributed by atoms with Gasteiger partial charge in [0.05, 0.1) is 5.02 Å². The van der Waals surface area contributed by atoms with Crippen LogP contribution in [-0.2, 0) is 10.0 Å². The molecule has 1 rings (SSSR count). The summed E-state index contributed by atoms with van der Waals surface area (Å²) in [6.45, 7) is 1.56. The first-order valence-electron chi connectivity index (χ1n) is 3.86. The lowest BCUT2D eigenvalue weighted by molar-refractivity contribution is 0.1000. The first-order valence-corrected chi connectivity index (χ1v) is 5.78. The van der Waals surface area contributed by atoms with E-state index in [-0.39, 0.29) is 15.5 Å². The Morgan fingerprint density at radius 2 is 1.93 bits per heavy atom. The van der Waals surface area contributed by atoms with Crippen LogP contribution >= 0.6 is 11.6 Å². The number of primary sulfonamides is 1. The second-order valence-electron chi connectivity index (χ2n) is 3.01. The van der Waals surface area contributed by atoms with Crippen LogP contribution in [0, 0.1) is 6.92 Å². The topological polar surface area (TPSA) is 103 Å². The quantitative estimate of drug-likeness (QED) is 0.791. The van der Waals surface area contributed by atoms with Crippen molar-refractivity contribution < 1.29 is 13.2 Å². The highest BCUT2D eigenvalue weighted by Gasteiger charge is 2.17. The van der Waals surface area contributed by atoms with Crippen molar-refractivity contribution in [2.45, 2.75) is 11.8 Å². The van der Waals surface area contributed by atoms with E-state index >= 15 is 0 Å². The molecule has 1 amide bonds. The highest BCUT2D eigenvalue weighted by Crippen LogP contribution is 2.25. The fourth-order valence-electron chi connectivity index (χ4n) is 1.09. The second kappa shape index (κ2) is 3.80. The molecule has 0 aromatic heterocycles. The van der Waals surface area contributed by atoms with Gasteiger partial charge in [-0.05, 0) is 24.6 Å². The van der Waals surface area contributed by atoms with Crippen molar-refractivity contribution in [1.29, 1.82) is 0 Å². The lowest BCUT2D eigenvalue weighted by Crippen LogP contribution is -2.16. The number of nitrogens with two attached hydrogens (primary N) is 2. The van der Waals surface area contributed by atoms with Crippen molar-refractivity contribution in [2.75, 3.05) is 0 Å². The number of rotatable bonds is 2. The Bertz CT molecular complexity index is 525. The van der Waals surface area contributed by atoms with Gasteiger partial charge in [-0.3, -0.25) is 4.79 Å². The fourth-order valence-corrected chi connectivity index (χ4v) is 2.22. The number of hydrogen-bond donors (Lipinski definition) is 2. The number of sulfonamides is 1. The average Bonchev–Trinajstić information content (AvgIpc) is 2.06. The predicted molar refractivity (Wildman–Crippen MR) is 56.1 cm³/mol. The molecule has 0 bridgehead atoms. The summed E-state index contributed by atoms with van der Waals surface area (Å²) in [7, 11) is -3.95. The summed E-state index contributed by atoms with van der Waals surface area (Å²) in [4.78, 5) is 10.6. The molecule has 0 unspecified atom stereocenters. The Kier molecular flexibility index (Phi) is 3.03. The lowest BCUT2D eigenvalue weighted by Gasteiger charge is -2.06. The van der Waals surface area contributed by atoms with Crippen LogP contribution in [0.15, 0.2) is 17.0 Å². The maximum atomic E-state index is 11.1. The van der Waals surface area contributed by atoms with Gasteiger partial charge in [0.1, 0.15) is 4.90 Å².